The lowest BCUT2D eigenvalue weighted by Crippen LogP contribution is -2.13. The van der Waals surface area contributed by atoms with Gasteiger partial charge in [0.05, 0.1) is 0 Å². The standard InChI is InChI=1S/C15H11N3O4S/c16-18-17-13-8-6-11(7-9-13)10-14(23(20,21)22)15(19)12-4-2-1-3-5-12/h1-10H,(H,20,21,22)/b14-10-. The zero-order valence-corrected chi connectivity index (χ0v) is 12.5. The van der Waals surface area contributed by atoms with Crippen molar-refractivity contribution in [2.45, 2.75) is 0 Å². The summed E-state index contributed by atoms with van der Waals surface area (Å²) < 4.78 is 32.4. The lowest BCUT2D eigenvalue weighted by atomic mass is 10.1. The van der Waals surface area contributed by atoms with Crippen molar-refractivity contribution in [2.75, 3.05) is 0 Å². The largest absolute Gasteiger partial charge is 0.298 e. The number of hydrogen-bond donors (Lipinski definition) is 1. The summed E-state index contributed by atoms with van der Waals surface area (Å²) in [4.78, 5) is 14.2. The van der Waals surface area contributed by atoms with Crippen LogP contribution in [0.2, 0.25) is 0 Å². The third-order valence-corrected chi connectivity index (χ3v) is 3.75. The number of carbonyl (C=O) groups excluding carboxylic acids is 1. The first-order chi connectivity index (χ1) is 10.9. The van der Waals surface area contributed by atoms with Crippen molar-refractivity contribution in [1.82, 2.24) is 0 Å². The highest BCUT2D eigenvalue weighted by Crippen LogP contribution is 2.20. The van der Waals surface area contributed by atoms with Crippen molar-refractivity contribution in [3.63, 3.8) is 0 Å². The molecule has 7 nitrogen and oxygen atoms in total. The van der Waals surface area contributed by atoms with Crippen LogP contribution in [-0.4, -0.2) is 18.8 Å². The molecule has 0 saturated carbocycles. The van der Waals surface area contributed by atoms with Crippen LogP contribution >= 0.6 is 0 Å². The summed E-state index contributed by atoms with van der Waals surface area (Å²) in [5.74, 6) is -0.813. The second-order valence-corrected chi connectivity index (χ2v) is 5.85. The fraction of sp³-hybridized carbons (Fsp3) is 0. The predicted molar refractivity (Wildman–Crippen MR) is 85.5 cm³/mol. The Labute approximate surface area is 132 Å². The fourth-order valence-electron chi connectivity index (χ4n) is 1.83. The molecule has 23 heavy (non-hydrogen) atoms. The van der Waals surface area contributed by atoms with Crippen LogP contribution in [0.4, 0.5) is 5.69 Å². The third kappa shape index (κ3) is 4.27. The van der Waals surface area contributed by atoms with Gasteiger partial charge in [-0.3, -0.25) is 9.35 Å². The molecule has 1 N–H and O–H groups in total. The maximum atomic E-state index is 12.3. The summed E-state index contributed by atoms with van der Waals surface area (Å²) in [5, 5.41) is 3.38. The van der Waals surface area contributed by atoms with E-state index in [9.17, 15) is 17.8 Å². The average molecular weight is 329 g/mol. The molecule has 0 amide bonds. The molecule has 0 saturated heterocycles. The van der Waals surface area contributed by atoms with E-state index in [2.05, 4.69) is 10.0 Å². The highest BCUT2D eigenvalue weighted by atomic mass is 32.2. The van der Waals surface area contributed by atoms with Gasteiger partial charge in [-0.25, -0.2) is 0 Å². The van der Waals surface area contributed by atoms with Gasteiger partial charge >= 0.3 is 0 Å². The van der Waals surface area contributed by atoms with Crippen LogP contribution in [0.5, 0.6) is 0 Å². The van der Waals surface area contributed by atoms with Crippen molar-refractivity contribution < 1.29 is 17.8 Å². The number of Topliss-reactive ketones (excluding diaryl/α,β-unsaturated/α-hetero) is 1. The molecule has 2 rings (SSSR count). The van der Waals surface area contributed by atoms with Crippen molar-refractivity contribution in [3.05, 3.63) is 81.1 Å². The van der Waals surface area contributed by atoms with Crippen molar-refractivity contribution in [2.24, 2.45) is 5.11 Å². The minimum Gasteiger partial charge on any atom is -0.288 e. The van der Waals surface area contributed by atoms with Gasteiger partial charge in [-0.05, 0) is 17.2 Å². The molecule has 0 aromatic heterocycles. The molecular weight excluding hydrogens is 318 g/mol. The van der Waals surface area contributed by atoms with Crippen LogP contribution in [0.3, 0.4) is 0 Å². The van der Waals surface area contributed by atoms with E-state index in [1.807, 2.05) is 0 Å². The molecule has 0 atom stereocenters. The minimum absolute atomic E-state index is 0.141. The molecule has 0 aliphatic heterocycles. The van der Waals surface area contributed by atoms with Gasteiger partial charge < -0.3 is 0 Å². The Balaban J connectivity index is 2.47. The van der Waals surface area contributed by atoms with Gasteiger partial charge in [-0.2, -0.15) is 8.42 Å². The monoisotopic (exact) mass is 329 g/mol. The van der Waals surface area contributed by atoms with E-state index in [-0.39, 0.29) is 5.56 Å². The average Bonchev–Trinajstić information content (AvgIpc) is 2.53. The van der Waals surface area contributed by atoms with Crippen LogP contribution < -0.4 is 0 Å². The van der Waals surface area contributed by atoms with E-state index < -0.39 is 20.8 Å². The van der Waals surface area contributed by atoms with Gasteiger partial charge in [0, 0.05) is 16.2 Å². The topological polar surface area (TPSA) is 120 Å². The molecule has 0 aliphatic carbocycles. The third-order valence-electron chi connectivity index (χ3n) is 2.89. The first-order valence-corrected chi connectivity index (χ1v) is 7.80. The molecule has 0 bridgehead atoms. The molecular formula is C15H11N3O4S. The maximum absolute atomic E-state index is 12.3. The predicted octanol–water partition coefficient (Wildman–Crippen LogP) is 3.74. The highest BCUT2D eigenvalue weighted by molar-refractivity contribution is 7.91. The van der Waals surface area contributed by atoms with Crippen LogP contribution in [0.15, 0.2) is 64.6 Å². The Morgan fingerprint density at radius 2 is 1.70 bits per heavy atom. The molecule has 8 heteroatoms. The molecule has 0 unspecified atom stereocenters. The zero-order chi connectivity index (χ0) is 16.9. The smallest absolute Gasteiger partial charge is 0.288 e. The Hall–Kier alpha value is -2.93. The SMILES string of the molecule is [N-]=[N+]=Nc1ccc(/C=C(/C(=O)c2ccccc2)S(=O)(=O)O)cc1. The summed E-state index contributed by atoms with van der Waals surface area (Å²) in [6.07, 6.45) is 1.06. The van der Waals surface area contributed by atoms with Crippen molar-refractivity contribution >= 4 is 27.7 Å². The number of carbonyl (C=O) groups is 1. The Bertz CT molecular complexity index is 897. The molecule has 0 fully saturated rings. The van der Waals surface area contributed by atoms with Gasteiger partial charge in [-0.15, -0.1) is 0 Å². The second kappa shape index (κ2) is 6.89. The first kappa shape index (κ1) is 16.4. The maximum Gasteiger partial charge on any atom is 0.298 e. The number of ketones is 1. The van der Waals surface area contributed by atoms with Crippen molar-refractivity contribution in [3.8, 4) is 0 Å². The normalized spacial score (nSPS) is 11.6. The molecule has 2 aromatic rings. The van der Waals surface area contributed by atoms with Crippen LogP contribution in [0.1, 0.15) is 15.9 Å². The van der Waals surface area contributed by atoms with Gasteiger partial charge in [0.25, 0.3) is 10.1 Å². The summed E-state index contributed by atoms with van der Waals surface area (Å²) >= 11 is 0. The number of allylic oxidation sites excluding steroid dienone is 1. The second-order valence-electron chi connectivity index (χ2n) is 4.46. The highest BCUT2D eigenvalue weighted by Gasteiger charge is 2.23. The number of rotatable bonds is 5. The lowest BCUT2D eigenvalue weighted by molar-refractivity contribution is 0.104. The number of azide groups is 1. The summed E-state index contributed by atoms with van der Waals surface area (Å²) in [6.45, 7) is 0. The lowest BCUT2D eigenvalue weighted by Gasteiger charge is -2.04. The minimum atomic E-state index is -4.70. The molecule has 0 heterocycles. The van der Waals surface area contributed by atoms with Gasteiger partial charge in [0.1, 0.15) is 4.91 Å². The van der Waals surface area contributed by atoms with Crippen LogP contribution in [0.25, 0.3) is 16.5 Å². The molecule has 2 aromatic carbocycles. The van der Waals surface area contributed by atoms with E-state index in [0.717, 1.165) is 6.08 Å². The summed E-state index contributed by atoms with van der Waals surface area (Å²) in [7, 11) is -4.70. The molecule has 0 radical (unpaired) electrons. The van der Waals surface area contributed by atoms with Crippen LogP contribution in [-0.2, 0) is 10.1 Å². The van der Waals surface area contributed by atoms with Gasteiger partial charge in [0.15, 0.2) is 0 Å². The van der Waals surface area contributed by atoms with E-state index in [1.54, 1.807) is 18.2 Å². The molecule has 0 spiro atoms. The molecule has 0 aliphatic rings. The van der Waals surface area contributed by atoms with E-state index >= 15 is 0 Å². The number of benzene rings is 2. The molecule has 116 valence electrons. The fourth-order valence-corrected chi connectivity index (χ4v) is 2.47. The quantitative estimate of drug-likeness (QED) is 0.224. The Morgan fingerprint density at radius 3 is 2.22 bits per heavy atom. The first-order valence-electron chi connectivity index (χ1n) is 6.36. The zero-order valence-electron chi connectivity index (χ0n) is 11.7. The van der Waals surface area contributed by atoms with Crippen LogP contribution in [0, 0.1) is 0 Å². The van der Waals surface area contributed by atoms with E-state index in [1.165, 1.54) is 36.4 Å². The number of nitrogens with zero attached hydrogens (tertiary/aromatic N) is 3. The van der Waals surface area contributed by atoms with E-state index in [0.29, 0.717) is 11.3 Å². The number of hydrogen-bond acceptors (Lipinski definition) is 4. The van der Waals surface area contributed by atoms with E-state index in [4.69, 9.17) is 5.53 Å². The van der Waals surface area contributed by atoms with Gasteiger partial charge in [-0.1, -0.05) is 59.7 Å². The van der Waals surface area contributed by atoms with Crippen molar-refractivity contribution in [1.29, 1.82) is 0 Å². The summed E-state index contributed by atoms with van der Waals surface area (Å²) in [5.41, 5.74) is 9.17. The Morgan fingerprint density at radius 1 is 1.09 bits per heavy atom. The Kier molecular flexibility index (Phi) is 4.92. The van der Waals surface area contributed by atoms with Gasteiger partial charge in [0.2, 0.25) is 5.78 Å². The summed E-state index contributed by atoms with van der Waals surface area (Å²) in [6, 6.07) is 13.6.